The third-order valence-corrected chi connectivity index (χ3v) is 3.45. The molecule has 1 heterocycles. The number of rotatable bonds is 8. The topological polar surface area (TPSA) is 41.6 Å². The molecule has 0 aliphatic carbocycles. The Bertz CT molecular complexity index is 339. The summed E-state index contributed by atoms with van der Waals surface area (Å²) in [7, 11) is 1.60. The van der Waals surface area contributed by atoms with Crippen LogP contribution in [-0.4, -0.2) is 31.2 Å². The molecule has 0 radical (unpaired) electrons. The number of amides is 1. The van der Waals surface area contributed by atoms with Crippen LogP contribution in [0, 0.1) is 5.92 Å². The van der Waals surface area contributed by atoms with E-state index in [4.69, 9.17) is 4.84 Å². The highest BCUT2D eigenvalue weighted by Crippen LogP contribution is 2.07. The first-order chi connectivity index (χ1) is 8.61. The number of hydrogen-bond acceptors (Lipinski definition) is 4. The van der Waals surface area contributed by atoms with Crippen molar-refractivity contribution in [3.63, 3.8) is 0 Å². The maximum Gasteiger partial charge on any atom is 0.236 e. The summed E-state index contributed by atoms with van der Waals surface area (Å²) in [6, 6.07) is 3.99. The molecule has 18 heavy (non-hydrogen) atoms. The lowest BCUT2D eigenvalue weighted by Crippen LogP contribution is -2.37. The van der Waals surface area contributed by atoms with Gasteiger partial charge in [0.15, 0.2) is 0 Å². The Morgan fingerprint density at radius 1 is 1.56 bits per heavy atom. The fraction of sp³-hybridized carbons (Fsp3) is 0.615. The van der Waals surface area contributed by atoms with E-state index in [1.54, 1.807) is 23.5 Å². The van der Waals surface area contributed by atoms with Crippen LogP contribution in [0.1, 0.15) is 25.1 Å². The van der Waals surface area contributed by atoms with Crippen molar-refractivity contribution in [3.05, 3.63) is 22.4 Å². The van der Waals surface area contributed by atoms with Crippen LogP contribution >= 0.6 is 11.3 Å². The highest BCUT2D eigenvalue weighted by atomic mass is 32.1. The van der Waals surface area contributed by atoms with Crippen LogP contribution < -0.4 is 5.32 Å². The van der Waals surface area contributed by atoms with Crippen molar-refractivity contribution in [1.29, 1.82) is 0 Å². The fourth-order valence-electron chi connectivity index (χ4n) is 1.45. The van der Waals surface area contributed by atoms with Crippen LogP contribution in [0.2, 0.25) is 0 Å². The quantitative estimate of drug-likeness (QED) is 0.737. The van der Waals surface area contributed by atoms with E-state index in [-0.39, 0.29) is 12.5 Å². The van der Waals surface area contributed by atoms with Crippen molar-refractivity contribution in [2.45, 2.75) is 26.8 Å². The Labute approximate surface area is 113 Å². The lowest BCUT2D eigenvalue weighted by molar-refractivity contribution is -0.152. The minimum absolute atomic E-state index is 0.00555. The molecule has 0 aliphatic heterocycles. The number of carbonyl (C=O) groups is 1. The first kappa shape index (κ1) is 15.1. The maximum absolute atomic E-state index is 11.7. The van der Waals surface area contributed by atoms with E-state index in [1.807, 2.05) is 17.5 Å². The lowest BCUT2D eigenvalue weighted by Gasteiger charge is -2.19. The van der Waals surface area contributed by atoms with E-state index in [0.29, 0.717) is 12.5 Å². The Morgan fingerprint density at radius 2 is 2.33 bits per heavy atom. The summed E-state index contributed by atoms with van der Waals surface area (Å²) in [5.41, 5.74) is 0. The van der Waals surface area contributed by atoms with Crippen molar-refractivity contribution in [2.75, 3.05) is 20.2 Å². The van der Waals surface area contributed by atoms with Gasteiger partial charge in [-0.15, -0.1) is 11.3 Å². The summed E-state index contributed by atoms with van der Waals surface area (Å²) in [6.07, 6.45) is 1.02. The van der Waals surface area contributed by atoms with Gasteiger partial charge in [-0.1, -0.05) is 19.9 Å². The molecule has 0 saturated carbocycles. The summed E-state index contributed by atoms with van der Waals surface area (Å²) < 4.78 is 0. The molecule has 5 heteroatoms. The Hall–Kier alpha value is -0.910. The molecule has 0 spiro atoms. The molecule has 102 valence electrons. The smallest absolute Gasteiger partial charge is 0.236 e. The molecule has 1 amide bonds. The Balaban J connectivity index is 2.24. The van der Waals surface area contributed by atoms with Crippen LogP contribution in [0.3, 0.4) is 0 Å². The molecule has 0 saturated heterocycles. The number of thiophene rings is 1. The molecule has 1 aromatic heterocycles. The average molecular weight is 270 g/mol. The highest BCUT2D eigenvalue weighted by molar-refractivity contribution is 7.09. The molecule has 0 aliphatic rings. The van der Waals surface area contributed by atoms with Crippen LogP contribution in [0.25, 0.3) is 0 Å². The molecule has 1 N–H and O–H groups in total. The van der Waals surface area contributed by atoms with Crippen molar-refractivity contribution < 1.29 is 9.63 Å². The van der Waals surface area contributed by atoms with E-state index in [0.717, 1.165) is 17.8 Å². The van der Waals surface area contributed by atoms with Gasteiger partial charge in [-0.3, -0.25) is 4.79 Å². The van der Waals surface area contributed by atoms with Gasteiger partial charge < -0.3 is 10.2 Å². The fourth-order valence-corrected chi connectivity index (χ4v) is 2.10. The van der Waals surface area contributed by atoms with Gasteiger partial charge in [-0.05, 0) is 23.8 Å². The van der Waals surface area contributed by atoms with Crippen molar-refractivity contribution in [3.8, 4) is 0 Å². The van der Waals surface area contributed by atoms with E-state index in [2.05, 4.69) is 19.2 Å². The zero-order chi connectivity index (χ0) is 13.4. The number of nitrogens with one attached hydrogen (secondary N) is 1. The average Bonchev–Trinajstić information content (AvgIpc) is 2.84. The lowest BCUT2D eigenvalue weighted by atomic mass is 10.1. The standard InChI is InChI=1S/C13H22N2O2S/c1-11(2)6-7-15(17-3)10-13(16)14-9-12-5-4-8-18-12/h4-5,8,11H,6-7,9-10H2,1-3H3,(H,14,16). The van der Waals surface area contributed by atoms with Crippen LogP contribution in [-0.2, 0) is 16.2 Å². The predicted octanol–water partition coefficient (Wildman–Crippen LogP) is 2.27. The largest absolute Gasteiger partial charge is 0.350 e. The third kappa shape index (κ3) is 6.14. The predicted molar refractivity (Wildman–Crippen MR) is 74.2 cm³/mol. The molecule has 4 nitrogen and oxygen atoms in total. The highest BCUT2D eigenvalue weighted by Gasteiger charge is 2.10. The Kier molecular flexibility index (Phi) is 6.93. The van der Waals surface area contributed by atoms with Gasteiger partial charge in [0.25, 0.3) is 0 Å². The van der Waals surface area contributed by atoms with Crippen molar-refractivity contribution >= 4 is 17.2 Å². The van der Waals surface area contributed by atoms with Crippen LogP contribution in [0.15, 0.2) is 17.5 Å². The molecule has 0 aromatic carbocycles. The third-order valence-electron chi connectivity index (χ3n) is 2.57. The molecular formula is C13H22N2O2S. The summed E-state index contributed by atoms with van der Waals surface area (Å²) in [5.74, 6) is 0.603. The van der Waals surface area contributed by atoms with Crippen molar-refractivity contribution in [1.82, 2.24) is 10.4 Å². The number of carbonyl (C=O) groups excluding carboxylic acids is 1. The Morgan fingerprint density at radius 3 is 2.89 bits per heavy atom. The first-order valence-corrected chi connectivity index (χ1v) is 7.08. The molecule has 0 bridgehead atoms. The van der Waals surface area contributed by atoms with E-state index in [9.17, 15) is 4.79 Å². The van der Waals surface area contributed by atoms with E-state index in [1.165, 1.54) is 0 Å². The second kappa shape index (κ2) is 8.24. The maximum atomic E-state index is 11.7. The zero-order valence-electron chi connectivity index (χ0n) is 11.3. The molecule has 0 fully saturated rings. The first-order valence-electron chi connectivity index (χ1n) is 6.20. The number of hydroxylamine groups is 2. The van der Waals surface area contributed by atoms with E-state index < -0.39 is 0 Å². The second-order valence-corrected chi connectivity index (χ2v) is 5.62. The van der Waals surface area contributed by atoms with Gasteiger partial charge in [0.2, 0.25) is 5.91 Å². The second-order valence-electron chi connectivity index (χ2n) is 4.58. The van der Waals surface area contributed by atoms with Gasteiger partial charge in [-0.2, -0.15) is 5.06 Å². The molecule has 0 unspecified atom stereocenters. The van der Waals surface area contributed by atoms with Gasteiger partial charge in [0.05, 0.1) is 13.7 Å². The number of hydrogen-bond donors (Lipinski definition) is 1. The normalized spacial score (nSPS) is 11.2. The van der Waals surface area contributed by atoms with Gasteiger partial charge in [0, 0.05) is 11.4 Å². The van der Waals surface area contributed by atoms with Gasteiger partial charge in [0.1, 0.15) is 6.54 Å². The van der Waals surface area contributed by atoms with Gasteiger partial charge >= 0.3 is 0 Å². The van der Waals surface area contributed by atoms with Gasteiger partial charge in [-0.25, -0.2) is 0 Å². The summed E-state index contributed by atoms with van der Waals surface area (Å²) >= 11 is 1.64. The minimum atomic E-state index is -0.00555. The van der Waals surface area contributed by atoms with Crippen LogP contribution in [0.4, 0.5) is 0 Å². The minimum Gasteiger partial charge on any atom is -0.350 e. The molecule has 1 aromatic rings. The van der Waals surface area contributed by atoms with Crippen molar-refractivity contribution in [2.24, 2.45) is 5.92 Å². The van der Waals surface area contributed by atoms with Crippen LogP contribution in [0.5, 0.6) is 0 Å². The molecule has 1 rings (SSSR count). The molecule has 0 atom stereocenters. The number of nitrogens with zero attached hydrogens (tertiary/aromatic N) is 1. The summed E-state index contributed by atoms with van der Waals surface area (Å²) in [4.78, 5) is 18.1. The monoisotopic (exact) mass is 270 g/mol. The summed E-state index contributed by atoms with van der Waals surface area (Å²) in [5, 5.41) is 6.59. The summed E-state index contributed by atoms with van der Waals surface area (Å²) in [6.45, 7) is 5.98. The molecular weight excluding hydrogens is 248 g/mol. The zero-order valence-corrected chi connectivity index (χ0v) is 12.1. The van der Waals surface area contributed by atoms with E-state index >= 15 is 0 Å². The SMILES string of the molecule is CON(CCC(C)C)CC(=O)NCc1cccs1.